The molecule has 0 spiro atoms. The van der Waals surface area contributed by atoms with Gasteiger partial charge in [0.25, 0.3) is 0 Å². The van der Waals surface area contributed by atoms with E-state index >= 15 is 0 Å². The van der Waals surface area contributed by atoms with Crippen molar-refractivity contribution in [3.05, 3.63) is 65.2 Å². The SMILES string of the molecule is CCc1ccc(CNCc2ccccc2S(=O)(=O)N(C)C)cc1. The maximum absolute atomic E-state index is 12.4. The summed E-state index contributed by atoms with van der Waals surface area (Å²) >= 11 is 0. The first-order valence-electron chi connectivity index (χ1n) is 7.74. The molecule has 5 heteroatoms. The van der Waals surface area contributed by atoms with Gasteiger partial charge in [0.15, 0.2) is 0 Å². The van der Waals surface area contributed by atoms with E-state index in [0.717, 1.165) is 12.0 Å². The smallest absolute Gasteiger partial charge is 0.242 e. The molecule has 0 unspecified atom stereocenters. The average molecular weight is 332 g/mol. The van der Waals surface area contributed by atoms with Crippen molar-refractivity contribution in [1.82, 2.24) is 9.62 Å². The molecule has 0 aromatic heterocycles. The van der Waals surface area contributed by atoms with Gasteiger partial charge in [-0.2, -0.15) is 0 Å². The third-order valence-electron chi connectivity index (χ3n) is 3.81. The lowest BCUT2D eigenvalue weighted by molar-refractivity contribution is 0.518. The number of aryl methyl sites for hydroxylation is 1. The molecule has 0 radical (unpaired) electrons. The van der Waals surface area contributed by atoms with E-state index in [4.69, 9.17) is 0 Å². The Morgan fingerprint density at radius 3 is 2.13 bits per heavy atom. The van der Waals surface area contributed by atoms with Crippen molar-refractivity contribution in [2.45, 2.75) is 31.3 Å². The molecule has 4 nitrogen and oxygen atoms in total. The van der Waals surface area contributed by atoms with Crippen LogP contribution in [0.4, 0.5) is 0 Å². The number of benzene rings is 2. The Bertz CT molecular complexity index is 738. The van der Waals surface area contributed by atoms with Gasteiger partial charge in [-0.25, -0.2) is 12.7 Å². The molecule has 2 rings (SSSR count). The van der Waals surface area contributed by atoms with Crippen LogP contribution in [0.3, 0.4) is 0 Å². The zero-order valence-electron chi connectivity index (χ0n) is 13.9. The molecule has 0 aliphatic heterocycles. The first-order chi connectivity index (χ1) is 10.9. The van der Waals surface area contributed by atoms with Crippen molar-refractivity contribution >= 4 is 10.0 Å². The molecule has 0 saturated heterocycles. The first-order valence-corrected chi connectivity index (χ1v) is 9.18. The highest BCUT2D eigenvalue weighted by Gasteiger charge is 2.20. The van der Waals surface area contributed by atoms with E-state index in [2.05, 4.69) is 36.5 Å². The van der Waals surface area contributed by atoms with Crippen molar-refractivity contribution in [3.8, 4) is 0 Å². The number of nitrogens with one attached hydrogen (secondary N) is 1. The number of nitrogens with zero attached hydrogens (tertiary/aromatic N) is 1. The standard InChI is InChI=1S/C18H24N2O2S/c1-4-15-9-11-16(12-10-15)13-19-14-17-7-5-6-8-18(17)23(21,22)20(2)3/h5-12,19H,4,13-14H2,1-3H3. The van der Waals surface area contributed by atoms with Gasteiger partial charge in [-0.15, -0.1) is 0 Å². The minimum Gasteiger partial charge on any atom is -0.309 e. The van der Waals surface area contributed by atoms with Crippen LogP contribution in [0.1, 0.15) is 23.6 Å². The molecule has 2 aromatic rings. The fourth-order valence-corrected chi connectivity index (χ4v) is 3.45. The van der Waals surface area contributed by atoms with Crippen LogP contribution in [0.2, 0.25) is 0 Å². The Hall–Kier alpha value is -1.69. The van der Waals surface area contributed by atoms with E-state index in [1.54, 1.807) is 26.2 Å². The van der Waals surface area contributed by atoms with Crippen LogP contribution in [-0.2, 0) is 29.5 Å². The highest BCUT2D eigenvalue weighted by molar-refractivity contribution is 7.89. The molecule has 0 atom stereocenters. The van der Waals surface area contributed by atoms with Gasteiger partial charge >= 0.3 is 0 Å². The number of sulfonamides is 1. The molecule has 0 fully saturated rings. The van der Waals surface area contributed by atoms with Crippen LogP contribution >= 0.6 is 0 Å². The maximum atomic E-state index is 12.4. The van der Waals surface area contributed by atoms with E-state index < -0.39 is 10.0 Å². The van der Waals surface area contributed by atoms with Crippen LogP contribution < -0.4 is 5.32 Å². The van der Waals surface area contributed by atoms with Gasteiger partial charge in [0.2, 0.25) is 10.0 Å². The predicted molar refractivity (Wildman–Crippen MR) is 93.7 cm³/mol. The normalized spacial score (nSPS) is 11.8. The second kappa shape index (κ2) is 7.73. The molecule has 23 heavy (non-hydrogen) atoms. The maximum Gasteiger partial charge on any atom is 0.242 e. The third-order valence-corrected chi connectivity index (χ3v) is 5.72. The average Bonchev–Trinajstić information content (AvgIpc) is 2.55. The summed E-state index contributed by atoms with van der Waals surface area (Å²) in [7, 11) is -0.317. The summed E-state index contributed by atoms with van der Waals surface area (Å²) < 4.78 is 26.0. The third kappa shape index (κ3) is 4.41. The Morgan fingerprint density at radius 1 is 0.913 bits per heavy atom. The van der Waals surface area contributed by atoms with Gasteiger partial charge in [-0.3, -0.25) is 0 Å². The topological polar surface area (TPSA) is 49.4 Å². The molecule has 0 saturated carbocycles. The Labute approximate surface area is 139 Å². The largest absolute Gasteiger partial charge is 0.309 e. The summed E-state index contributed by atoms with van der Waals surface area (Å²) in [5, 5.41) is 3.32. The number of hydrogen-bond donors (Lipinski definition) is 1. The zero-order chi connectivity index (χ0) is 16.9. The Balaban J connectivity index is 2.06. The Kier molecular flexibility index (Phi) is 5.93. The lowest BCUT2D eigenvalue weighted by Gasteiger charge is -2.15. The van der Waals surface area contributed by atoms with E-state index in [1.807, 2.05) is 12.1 Å². The van der Waals surface area contributed by atoms with E-state index in [1.165, 1.54) is 15.4 Å². The summed E-state index contributed by atoms with van der Waals surface area (Å²) in [5.74, 6) is 0. The summed E-state index contributed by atoms with van der Waals surface area (Å²) in [6.45, 7) is 3.36. The second-order valence-electron chi connectivity index (χ2n) is 5.67. The van der Waals surface area contributed by atoms with Gasteiger partial charge in [0, 0.05) is 27.2 Å². The first kappa shape index (κ1) is 17.7. The lowest BCUT2D eigenvalue weighted by Crippen LogP contribution is -2.24. The summed E-state index contributed by atoms with van der Waals surface area (Å²) in [4.78, 5) is 0.360. The van der Waals surface area contributed by atoms with Gasteiger partial charge in [-0.05, 0) is 29.2 Å². The highest BCUT2D eigenvalue weighted by Crippen LogP contribution is 2.18. The molecule has 0 amide bonds. The fraction of sp³-hybridized carbons (Fsp3) is 0.333. The molecule has 0 heterocycles. The minimum atomic E-state index is -3.42. The quantitative estimate of drug-likeness (QED) is 0.848. The summed E-state index contributed by atoms with van der Waals surface area (Å²) in [6, 6.07) is 15.6. The minimum absolute atomic E-state index is 0.360. The van der Waals surface area contributed by atoms with E-state index in [9.17, 15) is 8.42 Å². The van der Waals surface area contributed by atoms with Crippen LogP contribution in [0.25, 0.3) is 0 Å². The van der Waals surface area contributed by atoms with E-state index in [-0.39, 0.29) is 0 Å². The summed E-state index contributed by atoms with van der Waals surface area (Å²) in [6.07, 6.45) is 1.03. The fourth-order valence-electron chi connectivity index (χ4n) is 2.33. The van der Waals surface area contributed by atoms with Gasteiger partial charge in [0.05, 0.1) is 4.90 Å². The monoisotopic (exact) mass is 332 g/mol. The lowest BCUT2D eigenvalue weighted by atomic mass is 10.1. The van der Waals surface area contributed by atoms with Gasteiger partial charge < -0.3 is 5.32 Å². The molecule has 1 N–H and O–H groups in total. The van der Waals surface area contributed by atoms with Gasteiger partial charge in [-0.1, -0.05) is 49.4 Å². The van der Waals surface area contributed by atoms with Crippen LogP contribution in [0.5, 0.6) is 0 Å². The highest BCUT2D eigenvalue weighted by atomic mass is 32.2. The molecule has 124 valence electrons. The van der Waals surface area contributed by atoms with Crippen LogP contribution in [-0.4, -0.2) is 26.8 Å². The zero-order valence-corrected chi connectivity index (χ0v) is 14.7. The predicted octanol–water partition coefficient (Wildman–Crippen LogP) is 2.79. The van der Waals surface area contributed by atoms with Crippen molar-refractivity contribution in [1.29, 1.82) is 0 Å². The molecular weight excluding hydrogens is 308 g/mol. The van der Waals surface area contributed by atoms with Crippen molar-refractivity contribution < 1.29 is 8.42 Å². The van der Waals surface area contributed by atoms with E-state index in [0.29, 0.717) is 18.0 Å². The molecule has 0 bridgehead atoms. The van der Waals surface area contributed by atoms with Crippen LogP contribution in [0, 0.1) is 0 Å². The molecule has 2 aromatic carbocycles. The number of hydrogen-bond acceptors (Lipinski definition) is 3. The van der Waals surface area contributed by atoms with Gasteiger partial charge in [0.1, 0.15) is 0 Å². The van der Waals surface area contributed by atoms with Crippen LogP contribution in [0.15, 0.2) is 53.4 Å². The molecular formula is C18H24N2O2S. The van der Waals surface area contributed by atoms with Crippen molar-refractivity contribution in [2.24, 2.45) is 0 Å². The Morgan fingerprint density at radius 2 is 1.52 bits per heavy atom. The summed E-state index contributed by atoms with van der Waals surface area (Å²) in [5.41, 5.74) is 3.29. The van der Waals surface area contributed by atoms with Crippen molar-refractivity contribution in [2.75, 3.05) is 14.1 Å². The number of rotatable bonds is 7. The van der Waals surface area contributed by atoms with Crippen molar-refractivity contribution in [3.63, 3.8) is 0 Å². The molecule has 0 aliphatic carbocycles. The molecule has 0 aliphatic rings. The second-order valence-corrected chi connectivity index (χ2v) is 7.79.